The van der Waals surface area contributed by atoms with Crippen LogP contribution in [0.3, 0.4) is 0 Å². The Morgan fingerprint density at radius 1 is 1.07 bits per heavy atom. The molecule has 7 nitrogen and oxygen atoms in total. The van der Waals surface area contributed by atoms with Gasteiger partial charge >= 0.3 is 5.97 Å². The van der Waals surface area contributed by atoms with E-state index in [2.05, 4.69) is 5.32 Å². The van der Waals surface area contributed by atoms with E-state index in [9.17, 15) is 18.0 Å². The van der Waals surface area contributed by atoms with Gasteiger partial charge in [0.2, 0.25) is 15.9 Å². The number of nitrogens with zero attached hydrogens (tertiary/aromatic N) is 1. The lowest BCUT2D eigenvalue weighted by Gasteiger charge is -2.22. The van der Waals surface area contributed by atoms with Crippen molar-refractivity contribution in [2.45, 2.75) is 33.1 Å². The molecule has 30 heavy (non-hydrogen) atoms. The third-order valence-electron chi connectivity index (χ3n) is 4.46. The fourth-order valence-electron chi connectivity index (χ4n) is 2.93. The standard InChI is InChI=1S/C22H28N2O5S/c1-4-17-11-13-20(14-12-17)24(30(3,27)28)15-7-10-21(25)23-19-9-6-8-18(16-19)22(26)29-5-2/h6,8-9,11-14,16H,4-5,7,10,15H2,1-3H3,(H,23,25). The van der Waals surface area contributed by atoms with Gasteiger partial charge in [-0.2, -0.15) is 0 Å². The summed E-state index contributed by atoms with van der Waals surface area (Å²) < 4.78 is 30.6. The normalized spacial score (nSPS) is 11.0. The van der Waals surface area contributed by atoms with Crippen LogP contribution < -0.4 is 9.62 Å². The fraction of sp³-hybridized carbons (Fsp3) is 0.364. The number of benzene rings is 2. The fourth-order valence-corrected chi connectivity index (χ4v) is 3.89. The largest absolute Gasteiger partial charge is 0.462 e. The van der Waals surface area contributed by atoms with E-state index in [1.165, 1.54) is 4.31 Å². The molecule has 162 valence electrons. The molecule has 2 rings (SSSR count). The van der Waals surface area contributed by atoms with Crippen LogP contribution in [0.25, 0.3) is 0 Å². The Morgan fingerprint density at radius 2 is 1.77 bits per heavy atom. The molecule has 1 N–H and O–H groups in total. The molecule has 0 saturated heterocycles. The highest BCUT2D eigenvalue weighted by molar-refractivity contribution is 7.92. The third-order valence-corrected chi connectivity index (χ3v) is 5.65. The summed E-state index contributed by atoms with van der Waals surface area (Å²) in [6.45, 7) is 4.22. The van der Waals surface area contributed by atoms with Crippen molar-refractivity contribution >= 4 is 33.3 Å². The van der Waals surface area contributed by atoms with Gasteiger partial charge in [0.1, 0.15) is 0 Å². The summed E-state index contributed by atoms with van der Waals surface area (Å²) in [5.74, 6) is -0.711. The maximum absolute atomic E-state index is 12.3. The molecule has 0 fully saturated rings. The van der Waals surface area contributed by atoms with Crippen LogP contribution >= 0.6 is 0 Å². The third kappa shape index (κ3) is 6.88. The van der Waals surface area contributed by atoms with E-state index >= 15 is 0 Å². The van der Waals surface area contributed by atoms with Crippen LogP contribution in [0.4, 0.5) is 11.4 Å². The van der Waals surface area contributed by atoms with E-state index in [1.54, 1.807) is 43.3 Å². The molecule has 2 aromatic rings. The van der Waals surface area contributed by atoms with Gasteiger partial charge in [-0.15, -0.1) is 0 Å². The first-order valence-corrected chi connectivity index (χ1v) is 11.7. The zero-order chi connectivity index (χ0) is 22.1. The lowest BCUT2D eigenvalue weighted by atomic mass is 10.1. The quantitative estimate of drug-likeness (QED) is 0.579. The Morgan fingerprint density at radius 3 is 2.37 bits per heavy atom. The van der Waals surface area contributed by atoms with Gasteiger partial charge in [-0.3, -0.25) is 9.10 Å². The minimum Gasteiger partial charge on any atom is -0.462 e. The lowest BCUT2D eigenvalue weighted by Crippen LogP contribution is -2.31. The molecule has 0 heterocycles. The van der Waals surface area contributed by atoms with Crippen molar-refractivity contribution in [1.29, 1.82) is 0 Å². The van der Waals surface area contributed by atoms with Crippen molar-refractivity contribution in [2.75, 3.05) is 29.0 Å². The average Bonchev–Trinajstić information content (AvgIpc) is 2.71. The van der Waals surface area contributed by atoms with Crippen LogP contribution in [0.15, 0.2) is 48.5 Å². The number of carbonyl (C=O) groups excluding carboxylic acids is 2. The first-order chi connectivity index (χ1) is 14.2. The molecule has 0 aliphatic carbocycles. The van der Waals surface area contributed by atoms with Gasteiger partial charge < -0.3 is 10.1 Å². The summed E-state index contributed by atoms with van der Waals surface area (Å²) in [5.41, 5.74) is 2.54. The Hall–Kier alpha value is -2.87. The van der Waals surface area contributed by atoms with Crippen molar-refractivity contribution < 1.29 is 22.7 Å². The summed E-state index contributed by atoms with van der Waals surface area (Å²) in [4.78, 5) is 24.1. The van der Waals surface area contributed by atoms with Gasteiger partial charge in [-0.25, -0.2) is 13.2 Å². The Labute approximate surface area is 178 Å². The van der Waals surface area contributed by atoms with E-state index < -0.39 is 16.0 Å². The van der Waals surface area contributed by atoms with E-state index in [4.69, 9.17) is 4.74 Å². The molecule has 0 bridgehead atoms. The summed E-state index contributed by atoms with van der Waals surface area (Å²) >= 11 is 0. The van der Waals surface area contributed by atoms with Crippen molar-refractivity contribution in [3.63, 3.8) is 0 Å². The zero-order valence-electron chi connectivity index (χ0n) is 17.6. The predicted octanol–water partition coefficient (Wildman–Crippen LogP) is 3.61. The minimum absolute atomic E-state index is 0.142. The van der Waals surface area contributed by atoms with Gasteiger partial charge in [0.25, 0.3) is 0 Å². The maximum atomic E-state index is 12.3. The average molecular weight is 433 g/mol. The van der Waals surface area contributed by atoms with Gasteiger partial charge in [0.05, 0.1) is 24.1 Å². The molecule has 8 heteroatoms. The Balaban J connectivity index is 1.96. The molecule has 0 aliphatic heterocycles. The van der Waals surface area contributed by atoms with Crippen LogP contribution in [-0.4, -0.2) is 39.7 Å². The summed E-state index contributed by atoms with van der Waals surface area (Å²) in [7, 11) is -3.46. The van der Waals surface area contributed by atoms with Crippen LogP contribution in [0.2, 0.25) is 0 Å². The number of carbonyl (C=O) groups is 2. The molecule has 0 aromatic heterocycles. The molecule has 0 unspecified atom stereocenters. The second kappa shape index (κ2) is 10.8. The molecule has 0 spiro atoms. The van der Waals surface area contributed by atoms with Crippen LogP contribution in [-0.2, 0) is 26.0 Å². The van der Waals surface area contributed by atoms with Crippen LogP contribution in [0.1, 0.15) is 42.6 Å². The number of sulfonamides is 1. The van der Waals surface area contributed by atoms with E-state index in [0.29, 0.717) is 23.4 Å². The van der Waals surface area contributed by atoms with Crippen molar-refractivity contribution in [2.24, 2.45) is 0 Å². The summed E-state index contributed by atoms with van der Waals surface area (Å²) in [6, 6.07) is 13.9. The highest BCUT2D eigenvalue weighted by atomic mass is 32.2. The van der Waals surface area contributed by atoms with Crippen molar-refractivity contribution in [1.82, 2.24) is 0 Å². The highest BCUT2D eigenvalue weighted by Gasteiger charge is 2.17. The molecule has 2 aromatic carbocycles. The highest BCUT2D eigenvalue weighted by Crippen LogP contribution is 2.20. The number of hydrogen-bond donors (Lipinski definition) is 1. The van der Waals surface area contributed by atoms with E-state index in [-0.39, 0.29) is 25.5 Å². The first-order valence-electron chi connectivity index (χ1n) is 9.88. The van der Waals surface area contributed by atoms with Gasteiger partial charge in [-0.1, -0.05) is 25.1 Å². The number of hydrogen-bond acceptors (Lipinski definition) is 5. The van der Waals surface area contributed by atoms with Crippen LogP contribution in [0, 0.1) is 0 Å². The first kappa shape index (κ1) is 23.4. The number of aryl methyl sites for hydroxylation is 1. The Bertz CT molecular complexity index is 971. The van der Waals surface area contributed by atoms with Crippen molar-refractivity contribution in [3.05, 3.63) is 59.7 Å². The number of nitrogens with one attached hydrogen (secondary N) is 1. The van der Waals surface area contributed by atoms with Crippen molar-refractivity contribution in [3.8, 4) is 0 Å². The number of rotatable bonds is 10. The summed E-state index contributed by atoms with van der Waals surface area (Å²) in [5, 5.41) is 2.73. The SMILES string of the molecule is CCOC(=O)c1cccc(NC(=O)CCCN(c2ccc(CC)cc2)S(C)(=O)=O)c1. The molecular weight excluding hydrogens is 404 g/mol. The van der Waals surface area contributed by atoms with Gasteiger partial charge in [0, 0.05) is 18.7 Å². The number of esters is 1. The topological polar surface area (TPSA) is 92.8 Å². The number of anilines is 2. The number of amides is 1. The molecule has 1 amide bonds. The second-order valence-electron chi connectivity index (χ2n) is 6.81. The second-order valence-corrected chi connectivity index (χ2v) is 8.71. The lowest BCUT2D eigenvalue weighted by molar-refractivity contribution is -0.116. The molecule has 0 atom stereocenters. The van der Waals surface area contributed by atoms with E-state index in [1.807, 2.05) is 19.1 Å². The predicted molar refractivity (Wildman–Crippen MR) is 118 cm³/mol. The number of ether oxygens (including phenoxy) is 1. The maximum Gasteiger partial charge on any atom is 0.338 e. The van der Waals surface area contributed by atoms with Gasteiger partial charge in [0.15, 0.2) is 0 Å². The van der Waals surface area contributed by atoms with Gasteiger partial charge in [-0.05, 0) is 55.7 Å². The summed E-state index contributed by atoms with van der Waals surface area (Å²) in [6.07, 6.45) is 2.52. The Kier molecular flexibility index (Phi) is 8.41. The molecular formula is C22H28N2O5S. The molecule has 0 aliphatic rings. The molecule has 0 radical (unpaired) electrons. The monoisotopic (exact) mass is 432 g/mol. The molecule has 0 saturated carbocycles. The smallest absolute Gasteiger partial charge is 0.338 e. The van der Waals surface area contributed by atoms with Crippen LogP contribution in [0.5, 0.6) is 0 Å². The zero-order valence-corrected chi connectivity index (χ0v) is 18.4. The minimum atomic E-state index is -3.46. The van der Waals surface area contributed by atoms with E-state index in [0.717, 1.165) is 18.2 Å².